The molecule has 5 rings (SSSR count). The van der Waals surface area contributed by atoms with Crippen molar-refractivity contribution in [3.8, 4) is 0 Å². The first-order valence-electron chi connectivity index (χ1n) is 9.87. The molecule has 1 saturated heterocycles. The van der Waals surface area contributed by atoms with Crippen LogP contribution in [0.25, 0.3) is 10.9 Å². The third kappa shape index (κ3) is 3.61. The molecule has 29 heavy (non-hydrogen) atoms. The van der Waals surface area contributed by atoms with Crippen molar-refractivity contribution in [3.63, 3.8) is 0 Å². The van der Waals surface area contributed by atoms with Crippen molar-refractivity contribution in [3.05, 3.63) is 83.6 Å². The van der Waals surface area contributed by atoms with Crippen molar-refractivity contribution in [1.82, 2.24) is 30.1 Å². The molecule has 0 amide bonds. The van der Waals surface area contributed by atoms with Gasteiger partial charge in [0.25, 0.3) is 0 Å². The van der Waals surface area contributed by atoms with E-state index in [4.69, 9.17) is 0 Å². The topological polar surface area (TPSA) is 59.7 Å². The molecule has 7 heteroatoms. The lowest BCUT2D eigenvalue weighted by Gasteiger charge is -2.27. The van der Waals surface area contributed by atoms with Crippen molar-refractivity contribution >= 4 is 10.9 Å². The molecule has 2 aromatic heterocycles. The number of likely N-dealkylation sites (tertiary alicyclic amines) is 1. The summed E-state index contributed by atoms with van der Waals surface area (Å²) in [6.07, 6.45) is 4.15. The van der Waals surface area contributed by atoms with Gasteiger partial charge in [0.1, 0.15) is 5.82 Å². The van der Waals surface area contributed by atoms with Crippen LogP contribution in [0, 0.1) is 5.82 Å². The Hall–Kier alpha value is -3.19. The molecule has 0 bridgehead atoms. The quantitative estimate of drug-likeness (QED) is 0.523. The summed E-state index contributed by atoms with van der Waals surface area (Å²) >= 11 is 0. The maximum absolute atomic E-state index is 13.3. The fourth-order valence-electron chi connectivity index (χ4n) is 4.07. The van der Waals surface area contributed by atoms with E-state index in [-0.39, 0.29) is 11.9 Å². The smallest absolute Gasteiger partial charge is 0.173 e. The van der Waals surface area contributed by atoms with Gasteiger partial charge in [-0.25, -0.2) is 9.07 Å². The van der Waals surface area contributed by atoms with Crippen molar-refractivity contribution in [1.29, 1.82) is 0 Å². The molecular weight excluding hydrogens is 367 g/mol. The number of benzene rings is 2. The highest BCUT2D eigenvalue weighted by Crippen LogP contribution is 2.32. The lowest BCUT2D eigenvalue weighted by molar-refractivity contribution is 0.264. The molecule has 0 spiro atoms. The molecule has 2 aromatic carbocycles. The second-order valence-corrected chi connectivity index (χ2v) is 7.42. The van der Waals surface area contributed by atoms with Crippen LogP contribution in [0.2, 0.25) is 0 Å². The summed E-state index contributed by atoms with van der Waals surface area (Å²) in [6, 6.07) is 16.8. The Bertz CT molecular complexity index is 1120. The van der Waals surface area contributed by atoms with Gasteiger partial charge in [-0.2, -0.15) is 0 Å². The number of aromatic nitrogens is 5. The van der Waals surface area contributed by atoms with E-state index >= 15 is 0 Å². The first-order chi connectivity index (χ1) is 14.3. The van der Waals surface area contributed by atoms with Gasteiger partial charge in [-0.3, -0.25) is 9.88 Å². The summed E-state index contributed by atoms with van der Waals surface area (Å²) < 4.78 is 15.1. The molecule has 146 valence electrons. The molecule has 1 unspecified atom stereocenters. The Kier molecular flexibility index (Phi) is 4.73. The van der Waals surface area contributed by atoms with Crippen molar-refractivity contribution in [2.75, 3.05) is 13.1 Å². The second kappa shape index (κ2) is 7.67. The van der Waals surface area contributed by atoms with E-state index in [1.807, 2.05) is 16.9 Å². The lowest BCUT2D eigenvalue weighted by Crippen LogP contribution is -2.29. The zero-order chi connectivity index (χ0) is 19.6. The van der Waals surface area contributed by atoms with Gasteiger partial charge in [-0.15, -0.1) is 5.10 Å². The van der Waals surface area contributed by atoms with Crippen molar-refractivity contribution in [2.45, 2.75) is 25.4 Å². The molecular formula is C22H21FN6. The van der Waals surface area contributed by atoms with Crippen LogP contribution in [0.15, 0.2) is 60.8 Å². The van der Waals surface area contributed by atoms with Crippen molar-refractivity contribution < 1.29 is 4.39 Å². The molecule has 4 aromatic rings. The van der Waals surface area contributed by atoms with Crippen LogP contribution in [-0.2, 0) is 6.54 Å². The van der Waals surface area contributed by atoms with Gasteiger partial charge in [-0.05, 0) is 77.8 Å². The molecule has 1 atom stereocenters. The largest absolute Gasteiger partial charge is 0.290 e. The number of tetrazole rings is 1. The van der Waals surface area contributed by atoms with E-state index < -0.39 is 0 Å². The SMILES string of the molecule is Fc1ccc(Cn2nnnc2C(c2ccc3ncccc3c2)N2CCCC2)cc1. The molecule has 0 saturated carbocycles. The minimum Gasteiger partial charge on any atom is -0.290 e. The fraction of sp³-hybridized carbons (Fsp3) is 0.273. The highest BCUT2D eigenvalue weighted by atomic mass is 19.1. The number of hydrogen-bond donors (Lipinski definition) is 0. The molecule has 0 radical (unpaired) electrons. The van der Waals surface area contributed by atoms with Gasteiger partial charge in [-0.1, -0.05) is 24.3 Å². The summed E-state index contributed by atoms with van der Waals surface area (Å²) in [5.74, 6) is 0.560. The van der Waals surface area contributed by atoms with Crippen molar-refractivity contribution in [2.24, 2.45) is 0 Å². The number of nitrogens with zero attached hydrogens (tertiary/aromatic N) is 6. The molecule has 1 aliphatic heterocycles. The van der Waals surface area contributed by atoms with E-state index in [1.54, 1.807) is 12.1 Å². The highest BCUT2D eigenvalue weighted by molar-refractivity contribution is 5.79. The number of rotatable bonds is 5. The van der Waals surface area contributed by atoms with Crippen LogP contribution in [-0.4, -0.2) is 43.2 Å². The fourth-order valence-corrected chi connectivity index (χ4v) is 4.07. The molecule has 0 N–H and O–H groups in total. The zero-order valence-electron chi connectivity index (χ0n) is 15.9. The number of hydrogen-bond acceptors (Lipinski definition) is 5. The average molecular weight is 388 g/mol. The second-order valence-electron chi connectivity index (χ2n) is 7.42. The summed E-state index contributed by atoms with van der Waals surface area (Å²) in [4.78, 5) is 6.87. The minimum absolute atomic E-state index is 0.0300. The lowest BCUT2D eigenvalue weighted by atomic mass is 10.0. The van der Waals surface area contributed by atoms with Gasteiger partial charge in [0, 0.05) is 11.6 Å². The van der Waals surface area contributed by atoms with Crippen LogP contribution >= 0.6 is 0 Å². The van der Waals surface area contributed by atoms with E-state index in [1.165, 1.54) is 25.0 Å². The molecule has 1 fully saturated rings. The Labute approximate surface area is 168 Å². The number of fused-ring (bicyclic) bond motifs is 1. The summed E-state index contributed by atoms with van der Waals surface area (Å²) in [7, 11) is 0. The maximum atomic E-state index is 13.3. The molecule has 3 heterocycles. The predicted octanol–water partition coefficient (Wildman–Crippen LogP) is 3.59. The van der Waals surface area contributed by atoms with Crippen LogP contribution in [0.1, 0.15) is 35.8 Å². The minimum atomic E-state index is -0.245. The normalized spacial score (nSPS) is 15.8. The summed E-state index contributed by atoms with van der Waals surface area (Å²) in [6.45, 7) is 2.53. The third-order valence-electron chi connectivity index (χ3n) is 5.50. The summed E-state index contributed by atoms with van der Waals surface area (Å²) in [5, 5.41) is 13.7. The number of halogens is 1. The van der Waals surface area contributed by atoms with Crippen LogP contribution < -0.4 is 0 Å². The van der Waals surface area contributed by atoms with Gasteiger partial charge < -0.3 is 0 Å². The highest BCUT2D eigenvalue weighted by Gasteiger charge is 2.30. The van der Waals surface area contributed by atoms with E-state index in [0.717, 1.165) is 40.9 Å². The Morgan fingerprint density at radius 3 is 2.66 bits per heavy atom. The van der Waals surface area contributed by atoms with Gasteiger partial charge in [0.15, 0.2) is 5.82 Å². The predicted molar refractivity (Wildman–Crippen MR) is 108 cm³/mol. The first kappa shape index (κ1) is 17.9. The van der Waals surface area contributed by atoms with Crippen LogP contribution in [0.3, 0.4) is 0 Å². The van der Waals surface area contributed by atoms with Gasteiger partial charge >= 0.3 is 0 Å². The standard InChI is InChI=1S/C22H21FN6/c23-19-8-5-16(6-9-19)15-29-22(25-26-27-29)21(28-12-1-2-13-28)18-7-10-20-17(14-18)4-3-11-24-20/h3-11,14,21H,1-2,12-13,15H2. The Morgan fingerprint density at radius 2 is 1.83 bits per heavy atom. The Balaban J connectivity index is 1.55. The van der Waals surface area contributed by atoms with Crippen LogP contribution in [0.4, 0.5) is 4.39 Å². The van der Waals surface area contributed by atoms with Gasteiger partial charge in [0.2, 0.25) is 0 Å². The van der Waals surface area contributed by atoms with E-state index in [9.17, 15) is 4.39 Å². The maximum Gasteiger partial charge on any atom is 0.173 e. The van der Waals surface area contributed by atoms with E-state index in [2.05, 4.69) is 49.7 Å². The monoisotopic (exact) mass is 388 g/mol. The third-order valence-corrected chi connectivity index (χ3v) is 5.50. The Morgan fingerprint density at radius 1 is 1.00 bits per heavy atom. The first-order valence-corrected chi connectivity index (χ1v) is 9.87. The zero-order valence-corrected chi connectivity index (χ0v) is 15.9. The average Bonchev–Trinajstić information content (AvgIpc) is 3.43. The van der Waals surface area contributed by atoms with Gasteiger partial charge in [0.05, 0.1) is 18.1 Å². The van der Waals surface area contributed by atoms with E-state index in [0.29, 0.717) is 6.54 Å². The summed E-state index contributed by atoms with van der Waals surface area (Å²) in [5.41, 5.74) is 3.09. The number of pyridine rings is 1. The molecule has 1 aliphatic rings. The van der Waals surface area contributed by atoms with Crippen LogP contribution in [0.5, 0.6) is 0 Å². The molecule has 0 aliphatic carbocycles. The molecule has 6 nitrogen and oxygen atoms in total.